The summed E-state index contributed by atoms with van der Waals surface area (Å²) in [5.41, 5.74) is 10.2. The van der Waals surface area contributed by atoms with Crippen molar-refractivity contribution in [1.82, 2.24) is 14.1 Å². The molecule has 4 heterocycles. The maximum atomic E-state index is 6.53. The molecule has 5 aromatic carbocycles. The van der Waals surface area contributed by atoms with Gasteiger partial charge in [-0.15, -0.1) is 0 Å². The van der Waals surface area contributed by atoms with E-state index in [-0.39, 0.29) is 5.92 Å². The molecule has 0 amide bonds. The van der Waals surface area contributed by atoms with Crippen LogP contribution >= 0.6 is 0 Å². The van der Waals surface area contributed by atoms with E-state index in [9.17, 15) is 0 Å². The third kappa shape index (κ3) is 3.58. The van der Waals surface area contributed by atoms with E-state index >= 15 is 0 Å². The van der Waals surface area contributed by atoms with Gasteiger partial charge in [0.2, 0.25) is 0 Å². The van der Waals surface area contributed by atoms with Crippen LogP contribution in [-0.4, -0.2) is 14.1 Å². The Hall–Kier alpha value is -5.87. The predicted octanol–water partition coefficient (Wildman–Crippen LogP) is 11.2. The largest absolute Gasteiger partial charge is 0.460 e. The summed E-state index contributed by atoms with van der Waals surface area (Å²) in [6, 6.07) is 47.4. The highest BCUT2D eigenvalue weighted by Crippen LogP contribution is 2.44. The summed E-state index contributed by atoms with van der Waals surface area (Å²) in [6.07, 6.45) is 3.26. The van der Waals surface area contributed by atoms with Gasteiger partial charge in [0.05, 0.1) is 27.8 Å². The van der Waals surface area contributed by atoms with Crippen LogP contribution in [0.25, 0.3) is 83.4 Å². The highest BCUT2D eigenvalue weighted by atomic mass is 16.3. The van der Waals surface area contributed by atoms with Gasteiger partial charge >= 0.3 is 0 Å². The highest BCUT2D eigenvalue weighted by molar-refractivity contribution is 6.11. The summed E-state index contributed by atoms with van der Waals surface area (Å²) in [5.74, 6) is 2.22. The van der Waals surface area contributed by atoms with Crippen molar-refractivity contribution >= 4 is 66.4 Å². The number of rotatable bonds is 3. The number of nitrogens with zero attached hydrogens (tertiary/aromatic N) is 3. The smallest absolute Gasteiger partial charge is 0.138 e. The molecule has 4 heteroatoms. The highest BCUT2D eigenvalue weighted by Gasteiger charge is 2.27. The minimum atomic E-state index is 0.252. The van der Waals surface area contributed by atoms with Crippen molar-refractivity contribution in [2.24, 2.45) is 0 Å². The fourth-order valence-corrected chi connectivity index (χ4v) is 7.71. The molecule has 1 aliphatic carbocycles. The van der Waals surface area contributed by atoms with E-state index in [4.69, 9.17) is 9.40 Å². The van der Waals surface area contributed by atoms with Gasteiger partial charge in [0.1, 0.15) is 17.2 Å². The molecule has 10 rings (SSSR count). The normalized spacial score (nSPS) is 14.9. The van der Waals surface area contributed by atoms with Crippen molar-refractivity contribution in [3.63, 3.8) is 0 Å². The van der Waals surface area contributed by atoms with Gasteiger partial charge in [0, 0.05) is 49.7 Å². The average Bonchev–Trinajstić information content (AvgIpc) is 3.76. The van der Waals surface area contributed by atoms with Crippen LogP contribution in [0.15, 0.2) is 138 Å². The first kappa shape index (κ1) is 25.5. The number of aromatic nitrogens is 3. The second-order valence-corrected chi connectivity index (χ2v) is 12.5. The number of fused-ring (bicyclic) bond motifs is 9. The Morgan fingerprint density at radius 2 is 1.15 bits per heavy atom. The lowest BCUT2D eigenvalue weighted by atomic mass is 9.91. The van der Waals surface area contributed by atoms with Crippen LogP contribution in [0.1, 0.15) is 30.6 Å². The Labute approximate surface area is 265 Å². The van der Waals surface area contributed by atoms with Crippen molar-refractivity contribution < 1.29 is 4.42 Å². The van der Waals surface area contributed by atoms with Crippen LogP contribution in [0.2, 0.25) is 0 Å². The SMILES string of the molecule is CC1CC(n2c3ccccc3c3ccccc32)=Cc2c1oc1ccc(-c3cccc(-n4c5ccccc5c5ccccc54)n3)cc21. The Morgan fingerprint density at radius 3 is 1.76 bits per heavy atom. The number of hydrogen-bond donors (Lipinski definition) is 0. The van der Waals surface area contributed by atoms with Gasteiger partial charge in [0.15, 0.2) is 0 Å². The van der Waals surface area contributed by atoms with Crippen LogP contribution in [-0.2, 0) is 0 Å². The van der Waals surface area contributed by atoms with Gasteiger partial charge in [0.25, 0.3) is 0 Å². The fourth-order valence-electron chi connectivity index (χ4n) is 7.71. The summed E-state index contributed by atoms with van der Waals surface area (Å²) >= 11 is 0. The molecule has 218 valence electrons. The quantitative estimate of drug-likeness (QED) is 0.205. The number of hydrogen-bond acceptors (Lipinski definition) is 2. The Bertz CT molecular complexity index is 2590. The average molecular weight is 592 g/mol. The van der Waals surface area contributed by atoms with Crippen LogP contribution in [0, 0.1) is 0 Å². The molecule has 4 aromatic heterocycles. The van der Waals surface area contributed by atoms with E-state index in [1.54, 1.807) is 0 Å². The summed E-state index contributed by atoms with van der Waals surface area (Å²) in [4.78, 5) is 5.24. The molecular weight excluding hydrogens is 562 g/mol. The fraction of sp³-hybridized carbons (Fsp3) is 0.0714. The Balaban J connectivity index is 1.14. The molecule has 0 N–H and O–H groups in total. The predicted molar refractivity (Wildman–Crippen MR) is 190 cm³/mol. The van der Waals surface area contributed by atoms with Gasteiger partial charge in [-0.2, -0.15) is 0 Å². The molecule has 46 heavy (non-hydrogen) atoms. The molecule has 1 aliphatic rings. The number of allylic oxidation sites excluding steroid dienone is 1. The van der Waals surface area contributed by atoms with Gasteiger partial charge < -0.3 is 8.98 Å². The summed E-state index contributed by atoms with van der Waals surface area (Å²) in [7, 11) is 0. The number of benzene rings is 5. The van der Waals surface area contributed by atoms with Crippen LogP contribution < -0.4 is 0 Å². The second-order valence-electron chi connectivity index (χ2n) is 12.5. The number of pyridine rings is 1. The summed E-state index contributed by atoms with van der Waals surface area (Å²) in [6.45, 7) is 2.28. The molecule has 0 saturated heterocycles. The Morgan fingerprint density at radius 1 is 0.587 bits per heavy atom. The number of para-hydroxylation sites is 4. The first-order valence-electron chi connectivity index (χ1n) is 15.9. The van der Waals surface area contributed by atoms with Crippen LogP contribution in [0.3, 0.4) is 0 Å². The van der Waals surface area contributed by atoms with Crippen LogP contribution in [0.5, 0.6) is 0 Å². The lowest BCUT2D eigenvalue weighted by Crippen LogP contribution is -2.06. The van der Waals surface area contributed by atoms with Crippen molar-refractivity contribution in [3.05, 3.63) is 145 Å². The molecule has 0 aliphatic heterocycles. The van der Waals surface area contributed by atoms with E-state index in [0.717, 1.165) is 51.3 Å². The standard InChI is InChI=1S/C42H29N3O/c1-26-23-28(44-36-16-6-2-11-29(36)30-12-3-7-17-37(30)44)25-34-33-24-27(21-22-40(33)46-42(26)34)35-15-10-20-41(43-35)45-38-18-8-4-13-31(38)32-14-5-9-19-39(32)45/h2-22,24-26H,23H2,1H3. The molecule has 0 spiro atoms. The maximum Gasteiger partial charge on any atom is 0.138 e. The van der Waals surface area contributed by atoms with Gasteiger partial charge in [-0.25, -0.2) is 4.98 Å². The molecule has 4 nitrogen and oxygen atoms in total. The zero-order valence-corrected chi connectivity index (χ0v) is 25.3. The maximum absolute atomic E-state index is 6.53. The molecule has 9 aromatic rings. The monoisotopic (exact) mass is 591 g/mol. The van der Waals surface area contributed by atoms with Crippen molar-refractivity contribution in [3.8, 4) is 17.1 Å². The van der Waals surface area contributed by atoms with E-state index < -0.39 is 0 Å². The topological polar surface area (TPSA) is 35.9 Å². The third-order valence-corrected chi connectivity index (χ3v) is 9.74. The molecule has 1 atom stereocenters. The first-order valence-corrected chi connectivity index (χ1v) is 15.9. The van der Waals surface area contributed by atoms with E-state index in [0.29, 0.717) is 0 Å². The minimum Gasteiger partial charge on any atom is -0.460 e. The second kappa shape index (κ2) is 9.56. The van der Waals surface area contributed by atoms with E-state index in [1.165, 1.54) is 43.8 Å². The van der Waals surface area contributed by atoms with Crippen LogP contribution in [0.4, 0.5) is 0 Å². The molecule has 0 saturated carbocycles. The lowest BCUT2D eigenvalue weighted by molar-refractivity contribution is 0.504. The lowest BCUT2D eigenvalue weighted by Gasteiger charge is -2.21. The third-order valence-electron chi connectivity index (χ3n) is 9.74. The number of furan rings is 1. The van der Waals surface area contributed by atoms with Gasteiger partial charge in [-0.05, 0) is 67.1 Å². The first-order chi connectivity index (χ1) is 22.7. The minimum absolute atomic E-state index is 0.252. The van der Waals surface area contributed by atoms with Crippen molar-refractivity contribution in [2.75, 3.05) is 0 Å². The zero-order chi connectivity index (χ0) is 30.4. The molecule has 0 fully saturated rings. The van der Waals surface area contributed by atoms with Gasteiger partial charge in [-0.3, -0.25) is 4.57 Å². The summed E-state index contributed by atoms with van der Waals surface area (Å²) in [5, 5.41) is 6.16. The molecule has 0 bridgehead atoms. The molecular formula is C42H29N3O. The van der Waals surface area contributed by atoms with Crippen molar-refractivity contribution in [2.45, 2.75) is 19.3 Å². The zero-order valence-electron chi connectivity index (χ0n) is 25.3. The van der Waals surface area contributed by atoms with Gasteiger partial charge in [-0.1, -0.05) is 85.8 Å². The van der Waals surface area contributed by atoms with E-state index in [2.05, 4.69) is 156 Å². The van der Waals surface area contributed by atoms with Crippen molar-refractivity contribution in [1.29, 1.82) is 0 Å². The molecule has 1 unspecified atom stereocenters. The molecule has 0 radical (unpaired) electrons. The summed E-state index contributed by atoms with van der Waals surface area (Å²) < 4.78 is 11.3. The van der Waals surface area contributed by atoms with E-state index in [1.807, 2.05) is 0 Å². The Kier molecular flexibility index (Phi) is 5.29.